The normalized spacial score (nSPS) is 9.84. The summed E-state index contributed by atoms with van der Waals surface area (Å²) in [5, 5.41) is 29.0. The summed E-state index contributed by atoms with van der Waals surface area (Å²) < 4.78 is 1.08. The van der Waals surface area contributed by atoms with Crippen LogP contribution < -0.4 is 0 Å². The van der Waals surface area contributed by atoms with Gasteiger partial charge in [-0.3, -0.25) is 14.7 Å². The Morgan fingerprint density at radius 2 is 2.26 bits per heavy atom. The van der Waals surface area contributed by atoms with Crippen molar-refractivity contribution in [1.82, 2.24) is 9.55 Å². The van der Waals surface area contributed by atoms with Crippen LogP contribution in [0.2, 0.25) is 0 Å². The number of para-hydroxylation sites is 1. The molecule has 2 aromatic rings. The van der Waals surface area contributed by atoms with Crippen LogP contribution in [-0.2, 0) is 0 Å². The summed E-state index contributed by atoms with van der Waals surface area (Å²) in [6, 6.07) is 5.41. The minimum Gasteiger partial charge on any atom is -0.478 e. The molecule has 0 spiro atoms. The number of hydrogen-bond acceptors (Lipinski definition) is 5. The largest absolute Gasteiger partial charge is 0.478 e. The maximum atomic E-state index is 11.2. The molecule has 0 saturated carbocycles. The van der Waals surface area contributed by atoms with E-state index in [9.17, 15) is 14.9 Å². The molecule has 94 valence electrons. The van der Waals surface area contributed by atoms with Gasteiger partial charge in [0, 0.05) is 18.5 Å². The lowest BCUT2D eigenvalue weighted by Gasteiger charge is -2.08. The van der Waals surface area contributed by atoms with Crippen LogP contribution >= 0.6 is 0 Å². The maximum absolute atomic E-state index is 11.2. The standard InChI is InChI=1S/C11H6N4O4/c12-6-9-13-4-5-14(9)10-7(11(16)17)2-1-3-8(10)15(18)19/h1-5H,(H,16,17). The van der Waals surface area contributed by atoms with Gasteiger partial charge in [0.25, 0.3) is 5.69 Å². The molecule has 1 N–H and O–H groups in total. The molecule has 8 nitrogen and oxygen atoms in total. The smallest absolute Gasteiger partial charge is 0.338 e. The summed E-state index contributed by atoms with van der Waals surface area (Å²) in [6.45, 7) is 0. The van der Waals surface area contributed by atoms with Crippen LogP contribution in [0.25, 0.3) is 5.69 Å². The number of carboxylic acids is 1. The average Bonchev–Trinajstić information content (AvgIpc) is 2.85. The summed E-state index contributed by atoms with van der Waals surface area (Å²) in [4.78, 5) is 25.1. The van der Waals surface area contributed by atoms with Crippen molar-refractivity contribution >= 4 is 11.7 Å². The van der Waals surface area contributed by atoms with Gasteiger partial charge in [0.05, 0.1) is 10.5 Å². The molecule has 8 heteroatoms. The first-order chi connectivity index (χ1) is 9.06. The van der Waals surface area contributed by atoms with Crippen molar-refractivity contribution < 1.29 is 14.8 Å². The fourth-order valence-corrected chi connectivity index (χ4v) is 1.67. The second-order valence-corrected chi connectivity index (χ2v) is 3.47. The van der Waals surface area contributed by atoms with Crippen LogP contribution in [0.3, 0.4) is 0 Å². The van der Waals surface area contributed by atoms with Crippen molar-refractivity contribution in [2.75, 3.05) is 0 Å². The Morgan fingerprint density at radius 3 is 2.84 bits per heavy atom. The van der Waals surface area contributed by atoms with Gasteiger partial charge < -0.3 is 5.11 Å². The highest BCUT2D eigenvalue weighted by Crippen LogP contribution is 2.27. The van der Waals surface area contributed by atoms with E-state index in [2.05, 4.69) is 4.98 Å². The molecule has 0 saturated heterocycles. The average molecular weight is 258 g/mol. The first kappa shape index (κ1) is 12.3. The maximum Gasteiger partial charge on any atom is 0.338 e. The van der Waals surface area contributed by atoms with Crippen molar-refractivity contribution in [2.45, 2.75) is 0 Å². The predicted octanol–water partition coefficient (Wildman–Crippen LogP) is 1.35. The lowest BCUT2D eigenvalue weighted by molar-refractivity contribution is -0.384. The summed E-state index contributed by atoms with van der Waals surface area (Å²) >= 11 is 0. The van der Waals surface area contributed by atoms with Crippen LogP contribution in [0.5, 0.6) is 0 Å². The molecule has 0 amide bonds. The lowest BCUT2D eigenvalue weighted by Crippen LogP contribution is -2.09. The lowest BCUT2D eigenvalue weighted by atomic mass is 10.1. The molecule has 0 atom stereocenters. The number of nitro benzene ring substituents is 1. The number of imidazole rings is 1. The van der Waals surface area contributed by atoms with Gasteiger partial charge in [-0.15, -0.1) is 0 Å². The zero-order chi connectivity index (χ0) is 14.0. The van der Waals surface area contributed by atoms with Gasteiger partial charge in [0.15, 0.2) is 0 Å². The van der Waals surface area contributed by atoms with E-state index < -0.39 is 16.6 Å². The third kappa shape index (κ3) is 2.00. The van der Waals surface area contributed by atoms with Crippen molar-refractivity contribution in [3.05, 3.63) is 52.1 Å². The zero-order valence-electron chi connectivity index (χ0n) is 9.35. The molecule has 0 radical (unpaired) electrons. The van der Waals surface area contributed by atoms with Gasteiger partial charge in [-0.05, 0) is 6.07 Å². The van der Waals surface area contributed by atoms with E-state index in [0.717, 1.165) is 4.57 Å². The number of aromatic carboxylic acids is 1. The molecular formula is C11H6N4O4. The number of nitriles is 1. The fraction of sp³-hybridized carbons (Fsp3) is 0. The van der Waals surface area contributed by atoms with Gasteiger partial charge in [-0.1, -0.05) is 6.07 Å². The number of nitrogens with zero attached hydrogens (tertiary/aromatic N) is 4. The molecule has 0 bridgehead atoms. The van der Waals surface area contributed by atoms with Gasteiger partial charge in [0.2, 0.25) is 5.82 Å². The zero-order valence-corrected chi connectivity index (χ0v) is 9.35. The second-order valence-electron chi connectivity index (χ2n) is 3.47. The molecule has 0 fully saturated rings. The Morgan fingerprint density at radius 1 is 1.53 bits per heavy atom. The minimum absolute atomic E-state index is 0.128. The molecule has 0 aliphatic carbocycles. The number of benzene rings is 1. The highest BCUT2D eigenvalue weighted by molar-refractivity contribution is 5.94. The summed E-state index contributed by atoms with van der Waals surface area (Å²) in [5.41, 5.74) is -0.868. The van der Waals surface area contributed by atoms with E-state index in [1.165, 1.54) is 30.6 Å². The van der Waals surface area contributed by atoms with Gasteiger partial charge in [-0.2, -0.15) is 5.26 Å². The third-order valence-corrected chi connectivity index (χ3v) is 2.42. The molecule has 0 unspecified atom stereocenters. The van der Waals surface area contributed by atoms with Crippen molar-refractivity contribution in [3.8, 4) is 11.8 Å². The van der Waals surface area contributed by atoms with Crippen LogP contribution in [-0.4, -0.2) is 25.6 Å². The van der Waals surface area contributed by atoms with Crippen molar-refractivity contribution in [1.29, 1.82) is 5.26 Å². The number of aromatic nitrogens is 2. The van der Waals surface area contributed by atoms with E-state index in [-0.39, 0.29) is 17.1 Å². The fourth-order valence-electron chi connectivity index (χ4n) is 1.67. The molecule has 0 aliphatic rings. The SMILES string of the molecule is N#Cc1nccn1-c1c(C(=O)O)cccc1[N+](=O)[O-]. The number of hydrogen-bond donors (Lipinski definition) is 1. The number of rotatable bonds is 3. The first-order valence-electron chi connectivity index (χ1n) is 5.00. The van der Waals surface area contributed by atoms with Crippen LogP contribution in [0.4, 0.5) is 5.69 Å². The van der Waals surface area contributed by atoms with Crippen molar-refractivity contribution in [2.24, 2.45) is 0 Å². The second kappa shape index (κ2) is 4.58. The van der Waals surface area contributed by atoms with Gasteiger partial charge >= 0.3 is 5.97 Å². The van der Waals surface area contributed by atoms with E-state index in [1.54, 1.807) is 6.07 Å². The van der Waals surface area contributed by atoms with Crippen LogP contribution in [0.15, 0.2) is 30.6 Å². The van der Waals surface area contributed by atoms with Gasteiger partial charge in [0.1, 0.15) is 11.8 Å². The number of carbonyl (C=O) groups is 1. The number of nitro groups is 1. The monoisotopic (exact) mass is 258 g/mol. The summed E-state index contributed by atoms with van der Waals surface area (Å²) in [5.74, 6) is -1.45. The van der Waals surface area contributed by atoms with Crippen LogP contribution in [0, 0.1) is 21.4 Å². The highest BCUT2D eigenvalue weighted by atomic mass is 16.6. The van der Waals surface area contributed by atoms with E-state index in [0.29, 0.717) is 0 Å². The summed E-state index contributed by atoms with van der Waals surface area (Å²) in [7, 11) is 0. The number of carboxylic acid groups (broad SMARTS) is 1. The van der Waals surface area contributed by atoms with Crippen LogP contribution in [0.1, 0.15) is 16.2 Å². The Hall–Kier alpha value is -3.21. The van der Waals surface area contributed by atoms with E-state index in [1.807, 2.05) is 0 Å². The molecule has 2 rings (SSSR count). The van der Waals surface area contributed by atoms with E-state index in [4.69, 9.17) is 10.4 Å². The summed E-state index contributed by atoms with van der Waals surface area (Å²) in [6.07, 6.45) is 2.56. The molecule has 0 aliphatic heterocycles. The molecule has 1 aromatic carbocycles. The minimum atomic E-state index is -1.32. The molecule has 19 heavy (non-hydrogen) atoms. The topological polar surface area (TPSA) is 122 Å². The quantitative estimate of drug-likeness (QED) is 0.654. The Kier molecular flexibility index (Phi) is 2.95. The predicted molar refractivity (Wildman–Crippen MR) is 61.9 cm³/mol. The molecule has 1 heterocycles. The highest BCUT2D eigenvalue weighted by Gasteiger charge is 2.24. The molecule has 1 aromatic heterocycles. The Balaban J connectivity index is 2.84. The third-order valence-electron chi connectivity index (χ3n) is 2.42. The molecular weight excluding hydrogens is 252 g/mol. The van der Waals surface area contributed by atoms with E-state index >= 15 is 0 Å². The van der Waals surface area contributed by atoms with Crippen molar-refractivity contribution in [3.63, 3.8) is 0 Å². The first-order valence-corrected chi connectivity index (χ1v) is 5.00. The van der Waals surface area contributed by atoms with Gasteiger partial charge in [-0.25, -0.2) is 9.78 Å². The Labute approximate surface area is 106 Å². The Bertz CT molecular complexity index is 681.